The molecule has 2 aliphatic rings. The second-order valence-electron chi connectivity index (χ2n) is 6.60. The summed E-state index contributed by atoms with van der Waals surface area (Å²) < 4.78 is 5.45. The molecule has 0 unspecified atom stereocenters. The maximum atomic E-state index is 12.8. The molecule has 1 aromatic rings. The molecule has 130 valence electrons. The maximum Gasteiger partial charge on any atom is 0.356 e. The van der Waals surface area contributed by atoms with E-state index in [4.69, 9.17) is 4.74 Å². The van der Waals surface area contributed by atoms with Crippen LogP contribution in [0.5, 0.6) is 0 Å². The van der Waals surface area contributed by atoms with Crippen LogP contribution >= 0.6 is 11.8 Å². The Morgan fingerprint density at radius 1 is 1.16 bits per heavy atom. The van der Waals surface area contributed by atoms with Gasteiger partial charge in [0.2, 0.25) is 0 Å². The highest BCUT2D eigenvalue weighted by Gasteiger charge is 2.42. The Bertz CT molecular complexity index is 786. The number of hydrogen-bond donors (Lipinski definition) is 0. The fraction of sp³-hybridized carbons (Fsp3) is 0.333. The highest BCUT2D eigenvalue weighted by molar-refractivity contribution is 8.03. The van der Waals surface area contributed by atoms with E-state index in [9.17, 15) is 14.4 Å². The third-order valence-electron chi connectivity index (χ3n) is 3.57. The summed E-state index contributed by atoms with van der Waals surface area (Å²) in [5.74, 6) is -1.14. The Kier molecular flexibility index (Phi) is 4.51. The molecule has 7 heteroatoms. The predicted molar refractivity (Wildman–Crippen MR) is 95.6 cm³/mol. The quantitative estimate of drug-likeness (QED) is 0.461. The van der Waals surface area contributed by atoms with Gasteiger partial charge >= 0.3 is 5.97 Å². The summed E-state index contributed by atoms with van der Waals surface area (Å²) in [5.41, 5.74) is -0.190. The van der Waals surface area contributed by atoms with E-state index in [1.165, 1.54) is 11.8 Å². The van der Waals surface area contributed by atoms with Crippen molar-refractivity contribution in [3.8, 4) is 0 Å². The lowest BCUT2D eigenvalue weighted by atomic mass is 10.1. The predicted octanol–water partition coefficient (Wildman–Crippen LogP) is 2.65. The minimum atomic E-state index is -0.746. The molecule has 1 aromatic carbocycles. The topological polar surface area (TPSA) is 76.0 Å². The molecule has 0 aliphatic carbocycles. The number of imide groups is 1. The van der Waals surface area contributed by atoms with Gasteiger partial charge in [-0.1, -0.05) is 12.1 Å². The van der Waals surface area contributed by atoms with Gasteiger partial charge in [-0.25, -0.2) is 9.69 Å². The molecule has 0 saturated carbocycles. The van der Waals surface area contributed by atoms with Crippen LogP contribution < -0.4 is 0 Å². The van der Waals surface area contributed by atoms with Gasteiger partial charge in [0.05, 0.1) is 17.7 Å². The molecule has 0 N–H and O–H groups in total. The molecule has 2 aliphatic heterocycles. The van der Waals surface area contributed by atoms with Gasteiger partial charge in [-0.2, -0.15) is 0 Å². The number of carbonyl (C=O) groups excluding carboxylic acids is 3. The van der Waals surface area contributed by atoms with Crippen molar-refractivity contribution < 1.29 is 19.1 Å². The average Bonchev–Trinajstić information content (AvgIpc) is 2.80. The normalized spacial score (nSPS) is 19.1. The Hall–Kier alpha value is -2.41. The number of hydrogen-bond acceptors (Lipinski definition) is 6. The smallest absolute Gasteiger partial charge is 0.356 e. The molecule has 0 fully saturated rings. The fourth-order valence-corrected chi connectivity index (χ4v) is 3.43. The molecule has 3 rings (SSSR count). The fourth-order valence-electron chi connectivity index (χ4n) is 2.58. The summed E-state index contributed by atoms with van der Waals surface area (Å²) in [5, 5.41) is 0. The van der Waals surface area contributed by atoms with Crippen LogP contribution in [0.25, 0.3) is 0 Å². The van der Waals surface area contributed by atoms with Crippen LogP contribution in [0.1, 0.15) is 41.5 Å². The van der Waals surface area contributed by atoms with Gasteiger partial charge in [0.25, 0.3) is 11.8 Å². The van der Waals surface area contributed by atoms with Crippen molar-refractivity contribution in [2.24, 2.45) is 4.99 Å². The van der Waals surface area contributed by atoms with Crippen LogP contribution in [0, 0.1) is 0 Å². The summed E-state index contributed by atoms with van der Waals surface area (Å²) in [6.07, 6.45) is 1.74. The van der Waals surface area contributed by atoms with Crippen molar-refractivity contribution in [1.29, 1.82) is 0 Å². The van der Waals surface area contributed by atoms with Gasteiger partial charge < -0.3 is 4.74 Å². The molecular weight excluding hydrogens is 340 g/mol. The molecular formula is C18H18N2O4S. The van der Waals surface area contributed by atoms with Gasteiger partial charge in [0.15, 0.2) is 0 Å². The lowest BCUT2D eigenvalue weighted by Gasteiger charge is -2.25. The second-order valence-corrected chi connectivity index (χ2v) is 7.71. The second kappa shape index (κ2) is 6.48. The highest BCUT2D eigenvalue weighted by atomic mass is 32.2. The van der Waals surface area contributed by atoms with E-state index in [1.54, 1.807) is 51.3 Å². The summed E-state index contributed by atoms with van der Waals surface area (Å²) in [7, 11) is 0. The maximum absolute atomic E-state index is 12.8. The Labute approximate surface area is 149 Å². The van der Waals surface area contributed by atoms with Crippen LogP contribution in [-0.2, 0) is 9.53 Å². The number of aliphatic imine (C=N–C) groups is 1. The van der Waals surface area contributed by atoms with Crippen molar-refractivity contribution in [1.82, 2.24) is 4.90 Å². The van der Waals surface area contributed by atoms with Gasteiger partial charge in [0.1, 0.15) is 11.3 Å². The van der Waals surface area contributed by atoms with E-state index in [-0.39, 0.29) is 12.2 Å². The number of rotatable bonds is 2. The molecule has 6 nitrogen and oxygen atoms in total. The van der Waals surface area contributed by atoms with Crippen molar-refractivity contribution in [3.05, 3.63) is 46.0 Å². The van der Waals surface area contributed by atoms with Crippen molar-refractivity contribution >= 4 is 35.8 Å². The Morgan fingerprint density at radius 2 is 1.76 bits per heavy atom. The Morgan fingerprint density at radius 3 is 2.24 bits per heavy atom. The monoisotopic (exact) mass is 358 g/mol. The standard InChI is InChI=1S/C18H18N2O4S/c1-18(2,3)24-17(23)14(13-10-19-8-9-25-13)20-15(21)11-6-4-5-7-12(11)16(20)22/h4-8H,9-10H2,1-3H3. The zero-order valence-electron chi connectivity index (χ0n) is 14.2. The zero-order chi connectivity index (χ0) is 18.2. The number of ether oxygens (including phenoxy) is 1. The molecule has 0 bridgehead atoms. The SMILES string of the molecule is CC(C)(C)OC(=O)C(=C1CN=CCS1)N1C(=O)c2ccccc2C1=O. The Balaban J connectivity index is 2.08. The van der Waals surface area contributed by atoms with Crippen LogP contribution in [0.15, 0.2) is 39.9 Å². The van der Waals surface area contributed by atoms with Gasteiger partial charge in [-0.15, -0.1) is 11.8 Å². The molecule has 2 heterocycles. The summed E-state index contributed by atoms with van der Waals surface area (Å²) in [6.45, 7) is 5.46. The number of benzene rings is 1. The molecule has 0 atom stereocenters. The van der Waals surface area contributed by atoms with E-state index in [0.29, 0.717) is 21.8 Å². The lowest BCUT2D eigenvalue weighted by Crippen LogP contribution is -2.37. The van der Waals surface area contributed by atoms with Crippen LogP contribution in [0.2, 0.25) is 0 Å². The molecule has 0 aromatic heterocycles. The molecule has 0 saturated heterocycles. The minimum absolute atomic E-state index is 0.0250. The first-order valence-electron chi connectivity index (χ1n) is 7.85. The number of carbonyl (C=O) groups is 3. The van der Waals surface area contributed by atoms with Crippen LogP contribution in [-0.4, -0.2) is 46.8 Å². The van der Waals surface area contributed by atoms with Gasteiger partial charge in [-0.3, -0.25) is 14.6 Å². The lowest BCUT2D eigenvalue weighted by molar-refractivity contribution is -0.151. The largest absolute Gasteiger partial charge is 0.455 e. The van der Waals surface area contributed by atoms with Crippen LogP contribution in [0.4, 0.5) is 0 Å². The van der Waals surface area contributed by atoms with E-state index in [2.05, 4.69) is 4.99 Å². The molecule has 2 amide bonds. The van der Waals surface area contributed by atoms with Crippen molar-refractivity contribution in [2.45, 2.75) is 26.4 Å². The highest BCUT2D eigenvalue weighted by Crippen LogP contribution is 2.33. The van der Waals surface area contributed by atoms with Crippen molar-refractivity contribution in [2.75, 3.05) is 12.3 Å². The number of nitrogens with zero attached hydrogens (tertiary/aromatic N) is 2. The number of amides is 2. The first kappa shape index (κ1) is 17.4. The van der Waals surface area contributed by atoms with E-state index in [0.717, 1.165) is 4.90 Å². The van der Waals surface area contributed by atoms with Crippen LogP contribution in [0.3, 0.4) is 0 Å². The summed E-state index contributed by atoms with van der Waals surface area (Å²) in [4.78, 5) is 44.0. The van der Waals surface area contributed by atoms with E-state index < -0.39 is 23.4 Å². The molecule has 25 heavy (non-hydrogen) atoms. The first-order chi connectivity index (χ1) is 11.8. The molecule has 0 spiro atoms. The molecule has 0 radical (unpaired) electrons. The number of esters is 1. The third kappa shape index (κ3) is 3.37. The number of thioether (sulfide) groups is 1. The average molecular weight is 358 g/mol. The van der Waals surface area contributed by atoms with Gasteiger partial charge in [-0.05, 0) is 32.9 Å². The zero-order valence-corrected chi connectivity index (χ0v) is 15.1. The van der Waals surface area contributed by atoms with E-state index >= 15 is 0 Å². The van der Waals surface area contributed by atoms with Gasteiger partial charge in [0, 0.05) is 16.9 Å². The summed E-state index contributed by atoms with van der Waals surface area (Å²) >= 11 is 1.38. The van der Waals surface area contributed by atoms with Crippen molar-refractivity contribution in [3.63, 3.8) is 0 Å². The minimum Gasteiger partial charge on any atom is -0.455 e. The van der Waals surface area contributed by atoms with E-state index in [1.807, 2.05) is 0 Å². The number of fused-ring (bicyclic) bond motifs is 1. The summed E-state index contributed by atoms with van der Waals surface area (Å²) in [6, 6.07) is 6.54. The third-order valence-corrected chi connectivity index (χ3v) is 4.56. The first-order valence-corrected chi connectivity index (χ1v) is 8.83.